The molecule has 0 saturated carbocycles. The van der Waals surface area contributed by atoms with Gasteiger partial charge in [0.05, 0.1) is 12.7 Å². The van der Waals surface area contributed by atoms with Crippen molar-refractivity contribution in [3.05, 3.63) is 63.4 Å². The summed E-state index contributed by atoms with van der Waals surface area (Å²) in [5.41, 5.74) is -1.56. The fraction of sp³-hybridized carbons (Fsp3) is 0.440. The largest absolute Gasteiger partial charge is 0.491 e. The standard InChI is InChI=1S/C25H27Cl2FN2O4/c1-24(2,3)12-20-25(13-29,17-6-4-15(27)11-18(17)28)21(22(30-20)23(32)33)16-10-14(26)5-7-19(16)34-9-8-31/h4-7,10-11,20-22,30-31H,8-9,12H2,1-3H3,(H,32,33). The maximum Gasteiger partial charge on any atom is 0.321 e. The first-order valence-corrected chi connectivity index (χ1v) is 11.6. The van der Waals surface area contributed by atoms with Crippen molar-refractivity contribution in [1.82, 2.24) is 5.32 Å². The summed E-state index contributed by atoms with van der Waals surface area (Å²) in [4.78, 5) is 12.5. The minimum atomic E-state index is -1.63. The number of aliphatic hydroxyl groups is 1. The molecule has 6 nitrogen and oxygen atoms in total. The summed E-state index contributed by atoms with van der Waals surface area (Å²) in [5, 5.41) is 33.7. The van der Waals surface area contributed by atoms with Crippen LogP contribution in [0.1, 0.15) is 44.2 Å². The minimum Gasteiger partial charge on any atom is -0.491 e. The van der Waals surface area contributed by atoms with Crippen LogP contribution in [0.5, 0.6) is 5.75 Å². The van der Waals surface area contributed by atoms with Crippen LogP contribution in [0, 0.1) is 22.6 Å². The summed E-state index contributed by atoms with van der Waals surface area (Å²) >= 11 is 12.3. The summed E-state index contributed by atoms with van der Waals surface area (Å²) < 4.78 is 21.1. The number of halogens is 3. The highest BCUT2D eigenvalue weighted by atomic mass is 35.5. The van der Waals surface area contributed by atoms with E-state index >= 15 is 4.39 Å². The molecule has 0 aliphatic carbocycles. The molecule has 0 bridgehead atoms. The maximum absolute atomic E-state index is 15.4. The van der Waals surface area contributed by atoms with Crippen LogP contribution in [0.4, 0.5) is 4.39 Å². The van der Waals surface area contributed by atoms with Crippen LogP contribution in [0.2, 0.25) is 10.0 Å². The molecule has 182 valence electrons. The summed E-state index contributed by atoms with van der Waals surface area (Å²) in [6, 6.07) is 9.06. The number of hydrogen-bond acceptors (Lipinski definition) is 5. The number of carboxylic acid groups (broad SMARTS) is 1. The Kier molecular flexibility index (Phi) is 7.79. The van der Waals surface area contributed by atoms with Crippen LogP contribution in [0.3, 0.4) is 0 Å². The fourth-order valence-electron chi connectivity index (χ4n) is 4.83. The average Bonchev–Trinajstić information content (AvgIpc) is 3.06. The van der Waals surface area contributed by atoms with Crippen molar-refractivity contribution in [2.24, 2.45) is 5.41 Å². The normalized spacial score (nSPS) is 24.6. The topological polar surface area (TPSA) is 103 Å². The molecule has 3 N–H and O–H groups in total. The Hall–Kier alpha value is -2.37. The molecule has 4 atom stereocenters. The van der Waals surface area contributed by atoms with E-state index in [9.17, 15) is 20.3 Å². The molecule has 0 amide bonds. The zero-order valence-electron chi connectivity index (χ0n) is 19.1. The summed E-state index contributed by atoms with van der Waals surface area (Å²) in [6.07, 6.45) is 0.385. The molecule has 3 rings (SSSR count). The quantitative estimate of drug-likeness (QED) is 0.490. The Morgan fingerprint density at radius 1 is 1.24 bits per heavy atom. The molecule has 2 aromatic rings. The van der Waals surface area contributed by atoms with Crippen molar-refractivity contribution in [2.45, 2.75) is 50.6 Å². The van der Waals surface area contributed by atoms with Crippen molar-refractivity contribution in [3.8, 4) is 11.8 Å². The van der Waals surface area contributed by atoms with Crippen molar-refractivity contribution in [2.75, 3.05) is 13.2 Å². The number of rotatable bonds is 7. The molecule has 0 radical (unpaired) electrons. The van der Waals surface area contributed by atoms with E-state index in [1.54, 1.807) is 12.1 Å². The van der Waals surface area contributed by atoms with Gasteiger partial charge in [-0.05, 0) is 42.2 Å². The van der Waals surface area contributed by atoms with Crippen LogP contribution >= 0.6 is 23.2 Å². The number of benzene rings is 2. The Labute approximate surface area is 208 Å². The fourth-order valence-corrected chi connectivity index (χ4v) is 5.17. The van der Waals surface area contributed by atoms with Gasteiger partial charge in [-0.3, -0.25) is 10.1 Å². The van der Waals surface area contributed by atoms with E-state index in [-0.39, 0.29) is 35.0 Å². The number of carboxylic acids is 1. The van der Waals surface area contributed by atoms with E-state index in [0.29, 0.717) is 17.0 Å². The highest BCUT2D eigenvalue weighted by Crippen LogP contribution is 2.53. The number of nitriles is 1. The van der Waals surface area contributed by atoms with E-state index in [0.717, 1.165) is 6.07 Å². The maximum atomic E-state index is 15.4. The van der Waals surface area contributed by atoms with Crippen LogP contribution in [-0.4, -0.2) is 41.5 Å². The molecular formula is C25H27Cl2FN2O4. The molecule has 0 aromatic heterocycles. The Morgan fingerprint density at radius 3 is 2.44 bits per heavy atom. The van der Waals surface area contributed by atoms with Crippen LogP contribution in [-0.2, 0) is 10.2 Å². The smallest absolute Gasteiger partial charge is 0.321 e. The first-order valence-electron chi connectivity index (χ1n) is 10.8. The van der Waals surface area contributed by atoms with Crippen molar-refractivity contribution < 1.29 is 24.1 Å². The molecule has 4 unspecified atom stereocenters. The first-order chi connectivity index (χ1) is 15.9. The van der Waals surface area contributed by atoms with Gasteiger partial charge in [0.2, 0.25) is 0 Å². The summed E-state index contributed by atoms with van der Waals surface area (Å²) in [7, 11) is 0. The Bertz CT molecular complexity index is 1120. The third-order valence-corrected chi connectivity index (χ3v) is 6.52. The van der Waals surface area contributed by atoms with Gasteiger partial charge < -0.3 is 14.9 Å². The van der Waals surface area contributed by atoms with E-state index < -0.39 is 35.2 Å². The monoisotopic (exact) mass is 508 g/mol. The minimum absolute atomic E-state index is 0.0444. The molecule has 34 heavy (non-hydrogen) atoms. The van der Waals surface area contributed by atoms with Gasteiger partial charge in [-0.2, -0.15) is 5.26 Å². The van der Waals surface area contributed by atoms with Gasteiger partial charge in [0, 0.05) is 33.1 Å². The lowest BCUT2D eigenvalue weighted by molar-refractivity contribution is -0.139. The van der Waals surface area contributed by atoms with Crippen LogP contribution in [0.25, 0.3) is 0 Å². The summed E-state index contributed by atoms with van der Waals surface area (Å²) in [5.74, 6) is -2.69. The number of aliphatic carboxylic acids is 1. The molecule has 1 fully saturated rings. The number of carbonyl (C=O) groups is 1. The third-order valence-electron chi connectivity index (χ3n) is 6.05. The third kappa shape index (κ3) is 5.01. The molecule has 9 heteroatoms. The lowest BCUT2D eigenvalue weighted by atomic mass is 9.62. The molecule has 0 spiro atoms. The van der Waals surface area contributed by atoms with Crippen LogP contribution < -0.4 is 10.1 Å². The van der Waals surface area contributed by atoms with Crippen molar-refractivity contribution in [3.63, 3.8) is 0 Å². The van der Waals surface area contributed by atoms with Gasteiger partial charge in [0.1, 0.15) is 29.6 Å². The first kappa shape index (κ1) is 26.2. The lowest BCUT2D eigenvalue weighted by Crippen LogP contribution is -2.44. The molecule has 1 saturated heterocycles. The second kappa shape index (κ2) is 10.1. The Balaban J connectivity index is 2.37. The second-order valence-electron chi connectivity index (χ2n) is 9.64. The average molecular weight is 509 g/mol. The lowest BCUT2D eigenvalue weighted by Gasteiger charge is -2.37. The van der Waals surface area contributed by atoms with E-state index in [1.165, 1.54) is 18.2 Å². The number of nitrogens with zero attached hydrogens (tertiary/aromatic N) is 1. The zero-order chi connectivity index (χ0) is 25.3. The van der Waals surface area contributed by atoms with Gasteiger partial charge in [-0.15, -0.1) is 0 Å². The number of nitrogens with one attached hydrogen (secondary N) is 1. The van der Waals surface area contributed by atoms with Gasteiger partial charge in [0.15, 0.2) is 0 Å². The number of hydrogen-bond donors (Lipinski definition) is 3. The van der Waals surface area contributed by atoms with Crippen molar-refractivity contribution >= 4 is 29.2 Å². The van der Waals surface area contributed by atoms with E-state index in [2.05, 4.69) is 11.4 Å². The number of ether oxygens (including phenoxy) is 1. The van der Waals surface area contributed by atoms with Crippen LogP contribution in [0.15, 0.2) is 36.4 Å². The molecule has 1 aliphatic heterocycles. The van der Waals surface area contributed by atoms with Gasteiger partial charge in [-0.1, -0.05) is 50.0 Å². The molecule has 2 aromatic carbocycles. The molecule has 1 aliphatic rings. The van der Waals surface area contributed by atoms with Gasteiger partial charge in [0.25, 0.3) is 0 Å². The molecule has 1 heterocycles. The van der Waals surface area contributed by atoms with Crippen molar-refractivity contribution in [1.29, 1.82) is 5.26 Å². The zero-order valence-corrected chi connectivity index (χ0v) is 20.6. The SMILES string of the molecule is CC(C)(C)CC1NC(C(=O)O)C(c2cc(Cl)ccc2OCCO)C1(C#N)c1ccc(Cl)cc1F. The summed E-state index contributed by atoms with van der Waals surface area (Å²) in [6.45, 7) is 5.58. The van der Waals surface area contributed by atoms with Gasteiger partial charge in [-0.25, -0.2) is 4.39 Å². The Morgan fingerprint density at radius 2 is 1.88 bits per heavy atom. The highest BCUT2D eigenvalue weighted by Gasteiger charge is 2.61. The second-order valence-corrected chi connectivity index (χ2v) is 10.5. The number of aliphatic hydroxyl groups excluding tert-OH is 1. The predicted molar refractivity (Wildman–Crippen MR) is 128 cm³/mol. The highest BCUT2D eigenvalue weighted by molar-refractivity contribution is 6.31. The molecular weight excluding hydrogens is 482 g/mol. The van der Waals surface area contributed by atoms with Gasteiger partial charge >= 0.3 is 5.97 Å². The predicted octanol–water partition coefficient (Wildman–Crippen LogP) is 4.91. The van der Waals surface area contributed by atoms with E-state index in [4.69, 9.17) is 27.9 Å². The van der Waals surface area contributed by atoms with E-state index in [1.807, 2.05) is 20.8 Å².